The number of rotatable bonds is 12. The van der Waals surface area contributed by atoms with Crippen LogP contribution >= 0.6 is 11.8 Å². The van der Waals surface area contributed by atoms with Crippen molar-refractivity contribution in [2.24, 2.45) is 0 Å². The number of nitrogens with one attached hydrogen (secondary N) is 1. The van der Waals surface area contributed by atoms with Gasteiger partial charge < -0.3 is 15.0 Å². The van der Waals surface area contributed by atoms with Gasteiger partial charge in [0.1, 0.15) is 0 Å². The number of hydrogen-bond donors (Lipinski definition) is 1. The van der Waals surface area contributed by atoms with Crippen LogP contribution in [0.1, 0.15) is 37.3 Å². The first-order chi connectivity index (χ1) is 17.0. The fraction of sp³-hybridized carbons (Fsp3) is 0.500. The summed E-state index contributed by atoms with van der Waals surface area (Å²) in [5, 5.41) is 14.5. The molecule has 0 saturated carbocycles. The number of aryl methyl sites for hydroxylation is 1. The normalized spacial score (nSPS) is 14.0. The summed E-state index contributed by atoms with van der Waals surface area (Å²) in [7, 11) is 0. The lowest BCUT2D eigenvalue weighted by Gasteiger charge is -2.29. The maximum Gasteiger partial charge on any atom is 0.317 e. The Morgan fingerprint density at radius 3 is 2.60 bits per heavy atom. The van der Waals surface area contributed by atoms with E-state index in [2.05, 4.69) is 17.1 Å². The van der Waals surface area contributed by atoms with E-state index < -0.39 is 0 Å². The van der Waals surface area contributed by atoms with Gasteiger partial charge in [-0.05, 0) is 43.5 Å². The average Bonchev–Trinajstić information content (AvgIpc) is 2.86. The molecule has 2 aromatic carbocycles. The Morgan fingerprint density at radius 1 is 1.17 bits per heavy atom. The number of morpholine rings is 1. The van der Waals surface area contributed by atoms with Gasteiger partial charge in [-0.15, -0.1) is 0 Å². The summed E-state index contributed by atoms with van der Waals surface area (Å²) in [6, 6.07) is 13.0. The van der Waals surface area contributed by atoms with Gasteiger partial charge >= 0.3 is 6.03 Å². The molecule has 35 heavy (non-hydrogen) atoms. The summed E-state index contributed by atoms with van der Waals surface area (Å²) in [6.07, 6.45) is 2.74. The van der Waals surface area contributed by atoms with Crippen LogP contribution < -0.4 is 5.32 Å². The fourth-order valence-corrected chi connectivity index (χ4v) is 4.80. The van der Waals surface area contributed by atoms with Crippen molar-refractivity contribution in [3.8, 4) is 0 Å². The molecular weight excluding hydrogens is 464 g/mol. The number of ether oxygens (including phenoxy) is 1. The maximum atomic E-state index is 13.1. The number of non-ortho nitro benzene ring substituents is 1. The number of nitrogens with zero attached hydrogens (tertiary/aromatic N) is 3. The highest BCUT2D eigenvalue weighted by Gasteiger charge is 2.19. The second-order valence-electron chi connectivity index (χ2n) is 8.78. The average molecular weight is 501 g/mol. The summed E-state index contributed by atoms with van der Waals surface area (Å²) >= 11 is 1.56. The van der Waals surface area contributed by atoms with E-state index in [0.29, 0.717) is 19.6 Å². The maximum absolute atomic E-state index is 13.1. The third-order valence-electron chi connectivity index (χ3n) is 5.96. The lowest BCUT2D eigenvalue weighted by molar-refractivity contribution is -0.385. The van der Waals surface area contributed by atoms with E-state index in [1.807, 2.05) is 31.2 Å². The van der Waals surface area contributed by atoms with Crippen LogP contribution in [0.25, 0.3) is 0 Å². The molecule has 0 atom stereocenters. The molecule has 9 heteroatoms. The van der Waals surface area contributed by atoms with Gasteiger partial charge in [-0.25, -0.2) is 4.79 Å². The number of carbonyl (C=O) groups is 1. The molecule has 3 rings (SSSR count). The largest absolute Gasteiger partial charge is 0.379 e. The number of benzene rings is 2. The highest BCUT2D eigenvalue weighted by atomic mass is 32.2. The van der Waals surface area contributed by atoms with Gasteiger partial charge in [0.2, 0.25) is 0 Å². The molecule has 0 unspecified atom stereocenters. The number of amides is 2. The summed E-state index contributed by atoms with van der Waals surface area (Å²) in [5.41, 5.74) is 1.99. The quantitative estimate of drug-likeness (QED) is 0.248. The van der Waals surface area contributed by atoms with E-state index in [1.54, 1.807) is 28.8 Å². The van der Waals surface area contributed by atoms with E-state index in [1.165, 1.54) is 11.6 Å². The molecule has 1 fully saturated rings. The van der Waals surface area contributed by atoms with Crippen LogP contribution in [0, 0.1) is 17.0 Å². The monoisotopic (exact) mass is 500 g/mol. The van der Waals surface area contributed by atoms with Crippen LogP contribution in [0.2, 0.25) is 0 Å². The second kappa shape index (κ2) is 14.1. The third-order valence-corrected chi connectivity index (χ3v) is 7.09. The Morgan fingerprint density at radius 2 is 1.91 bits per heavy atom. The van der Waals surface area contributed by atoms with Crippen LogP contribution in [0.3, 0.4) is 0 Å². The molecular formula is C26H36N4O4S. The molecule has 0 spiro atoms. The van der Waals surface area contributed by atoms with Crippen molar-refractivity contribution in [1.82, 2.24) is 15.1 Å². The van der Waals surface area contributed by atoms with Gasteiger partial charge in [-0.3, -0.25) is 15.0 Å². The van der Waals surface area contributed by atoms with E-state index in [4.69, 9.17) is 4.74 Å². The summed E-state index contributed by atoms with van der Waals surface area (Å²) < 4.78 is 5.42. The molecule has 0 aromatic heterocycles. The molecule has 190 valence electrons. The van der Waals surface area contributed by atoms with Crippen molar-refractivity contribution in [1.29, 1.82) is 0 Å². The molecule has 1 aliphatic heterocycles. The smallest absolute Gasteiger partial charge is 0.317 e. The number of unbranched alkanes of at least 4 members (excludes halogenated alkanes) is 1. The highest BCUT2D eigenvalue weighted by molar-refractivity contribution is 7.99. The summed E-state index contributed by atoms with van der Waals surface area (Å²) in [4.78, 5) is 30.3. The zero-order valence-electron chi connectivity index (χ0n) is 20.7. The molecule has 0 bridgehead atoms. The SMILES string of the molecule is CCCCNC(=O)N(CCCN1CCOCC1)Cc1cc([N+](=O)[O-])ccc1Sc1ccc(C)cc1. The van der Waals surface area contributed by atoms with E-state index in [-0.39, 0.29) is 16.6 Å². The predicted molar refractivity (Wildman–Crippen MR) is 139 cm³/mol. The lowest BCUT2D eigenvalue weighted by atomic mass is 10.2. The highest BCUT2D eigenvalue weighted by Crippen LogP contribution is 2.33. The number of nitro groups is 1. The standard InChI is InChI=1S/C26H36N4O4S/c1-3-4-12-27-26(31)29(14-5-13-28-15-17-34-18-16-28)20-22-19-23(30(32)33)8-11-25(22)35-24-9-6-21(2)7-10-24/h6-11,19H,3-5,12-18,20H2,1-2H3,(H,27,31). The minimum Gasteiger partial charge on any atom is -0.379 e. The van der Waals surface area contributed by atoms with Crippen LogP contribution in [0.4, 0.5) is 10.5 Å². The Balaban J connectivity index is 1.77. The minimum absolute atomic E-state index is 0.0351. The predicted octanol–water partition coefficient (Wildman–Crippen LogP) is 5.09. The van der Waals surface area contributed by atoms with E-state index in [9.17, 15) is 14.9 Å². The van der Waals surface area contributed by atoms with Crippen molar-refractivity contribution in [2.75, 3.05) is 45.9 Å². The molecule has 1 heterocycles. The molecule has 0 aliphatic carbocycles. The molecule has 2 amide bonds. The molecule has 1 aliphatic rings. The number of nitro benzene ring substituents is 1. The number of carbonyl (C=O) groups excluding carboxylic acids is 1. The first-order valence-electron chi connectivity index (χ1n) is 12.3. The number of hydrogen-bond acceptors (Lipinski definition) is 6. The Bertz CT molecular complexity index is 964. The Hall–Kier alpha value is -2.62. The van der Waals surface area contributed by atoms with Crippen molar-refractivity contribution in [2.45, 2.75) is 49.4 Å². The van der Waals surface area contributed by atoms with Gasteiger partial charge in [0.25, 0.3) is 5.69 Å². The zero-order chi connectivity index (χ0) is 25.0. The van der Waals surface area contributed by atoms with Gasteiger partial charge in [0, 0.05) is 61.2 Å². The van der Waals surface area contributed by atoms with Crippen molar-refractivity contribution < 1.29 is 14.5 Å². The first-order valence-corrected chi connectivity index (χ1v) is 13.1. The van der Waals surface area contributed by atoms with Gasteiger partial charge in [0.05, 0.1) is 18.1 Å². The molecule has 2 aromatic rings. The van der Waals surface area contributed by atoms with Crippen LogP contribution in [0.15, 0.2) is 52.3 Å². The molecule has 8 nitrogen and oxygen atoms in total. The molecule has 1 N–H and O–H groups in total. The molecule has 1 saturated heterocycles. The Kier molecular flexibility index (Phi) is 10.8. The van der Waals surface area contributed by atoms with E-state index >= 15 is 0 Å². The third kappa shape index (κ3) is 8.83. The van der Waals surface area contributed by atoms with Crippen LogP contribution in [0.5, 0.6) is 0 Å². The van der Waals surface area contributed by atoms with E-state index in [0.717, 1.165) is 67.5 Å². The summed E-state index contributed by atoms with van der Waals surface area (Å²) in [6.45, 7) is 9.83. The van der Waals surface area contributed by atoms with Gasteiger partial charge in [-0.1, -0.05) is 42.8 Å². The van der Waals surface area contributed by atoms with Crippen LogP contribution in [-0.4, -0.2) is 66.7 Å². The molecule has 0 radical (unpaired) electrons. The summed E-state index contributed by atoms with van der Waals surface area (Å²) in [5.74, 6) is 0. The topological polar surface area (TPSA) is 88.0 Å². The van der Waals surface area contributed by atoms with Crippen molar-refractivity contribution in [3.05, 3.63) is 63.7 Å². The second-order valence-corrected chi connectivity index (χ2v) is 9.89. The van der Waals surface area contributed by atoms with Crippen LogP contribution in [-0.2, 0) is 11.3 Å². The van der Waals surface area contributed by atoms with Gasteiger partial charge in [-0.2, -0.15) is 0 Å². The first kappa shape index (κ1) is 27.0. The number of urea groups is 1. The zero-order valence-corrected chi connectivity index (χ0v) is 21.5. The van der Waals surface area contributed by atoms with Crippen molar-refractivity contribution >= 4 is 23.5 Å². The minimum atomic E-state index is -0.381. The van der Waals surface area contributed by atoms with Crippen molar-refractivity contribution in [3.63, 3.8) is 0 Å². The van der Waals surface area contributed by atoms with Gasteiger partial charge in [0.15, 0.2) is 0 Å². The lowest BCUT2D eigenvalue weighted by Crippen LogP contribution is -2.42. The Labute approximate surface area is 212 Å². The fourth-order valence-electron chi connectivity index (χ4n) is 3.89.